The molecule has 0 radical (unpaired) electrons. The summed E-state index contributed by atoms with van der Waals surface area (Å²) in [4.78, 5) is 14.2. The monoisotopic (exact) mass is 322 g/mol. The Morgan fingerprint density at radius 2 is 2.04 bits per heavy atom. The molecular weight excluding hydrogens is 295 g/mol. The number of nitrogens with one attached hydrogen (secondary N) is 1. The van der Waals surface area contributed by atoms with E-state index in [4.69, 9.17) is 4.74 Å². The lowest BCUT2D eigenvalue weighted by Crippen LogP contribution is -2.41. The summed E-state index contributed by atoms with van der Waals surface area (Å²) in [5, 5.41) is 2.96. The molecule has 0 unspecified atom stereocenters. The van der Waals surface area contributed by atoms with Crippen LogP contribution in [0.1, 0.15) is 38.7 Å². The molecule has 5 heteroatoms. The summed E-state index contributed by atoms with van der Waals surface area (Å²) in [6.07, 6.45) is 2.91. The second kappa shape index (κ2) is 8.87. The highest BCUT2D eigenvalue weighted by Gasteiger charge is 2.32. The molecule has 0 saturated heterocycles. The number of ether oxygens (including phenoxy) is 1. The van der Waals surface area contributed by atoms with Gasteiger partial charge in [-0.15, -0.1) is 0 Å². The maximum atomic E-state index is 13.0. The fourth-order valence-corrected chi connectivity index (χ4v) is 2.33. The van der Waals surface area contributed by atoms with Crippen LogP contribution in [0.25, 0.3) is 0 Å². The first-order chi connectivity index (χ1) is 11.1. The molecule has 2 rings (SSSR count). The summed E-state index contributed by atoms with van der Waals surface area (Å²) in [5.74, 6) is 0.281. The van der Waals surface area contributed by atoms with E-state index in [1.54, 1.807) is 12.1 Å². The van der Waals surface area contributed by atoms with Crippen LogP contribution in [0.4, 0.5) is 9.18 Å². The van der Waals surface area contributed by atoms with E-state index < -0.39 is 0 Å². The summed E-state index contributed by atoms with van der Waals surface area (Å²) in [6, 6.07) is 6.61. The van der Waals surface area contributed by atoms with Gasteiger partial charge in [0.2, 0.25) is 0 Å². The largest absolute Gasteiger partial charge is 0.381 e. The number of benzene rings is 1. The smallest absolute Gasteiger partial charge is 0.317 e. The van der Waals surface area contributed by atoms with Gasteiger partial charge in [-0.25, -0.2) is 9.18 Å². The topological polar surface area (TPSA) is 41.6 Å². The van der Waals surface area contributed by atoms with Gasteiger partial charge in [0.05, 0.1) is 0 Å². The van der Waals surface area contributed by atoms with Gasteiger partial charge in [0.15, 0.2) is 0 Å². The highest BCUT2D eigenvalue weighted by atomic mass is 19.1. The van der Waals surface area contributed by atoms with Crippen LogP contribution in [0.2, 0.25) is 0 Å². The zero-order valence-electron chi connectivity index (χ0n) is 14.1. The highest BCUT2D eigenvalue weighted by Crippen LogP contribution is 2.28. The number of hydrogen-bond acceptors (Lipinski definition) is 2. The van der Waals surface area contributed by atoms with Gasteiger partial charge in [0.25, 0.3) is 0 Å². The van der Waals surface area contributed by atoms with Crippen LogP contribution in [0.5, 0.6) is 0 Å². The molecule has 0 aromatic heterocycles. The average molecular weight is 322 g/mol. The molecule has 1 fully saturated rings. The lowest BCUT2D eigenvalue weighted by molar-refractivity contribution is 0.107. The van der Waals surface area contributed by atoms with Gasteiger partial charge in [0, 0.05) is 32.3 Å². The van der Waals surface area contributed by atoms with E-state index in [-0.39, 0.29) is 11.8 Å². The number of amides is 2. The van der Waals surface area contributed by atoms with Crippen LogP contribution in [-0.2, 0) is 11.3 Å². The Morgan fingerprint density at radius 3 is 2.65 bits per heavy atom. The van der Waals surface area contributed by atoms with Gasteiger partial charge in [-0.1, -0.05) is 26.0 Å². The van der Waals surface area contributed by atoms with Crippen LogP contribution in [0.15, 0.2) is 24.3 Å². The predicted molar refractivity (Wildman–Crippen MR) is 88.6 cm³/mol. The van der Waals surface area contributed by atoms with E-state index in [2.05, 4.69) is 19.2 Å². The molecule has 0 bridgehead atoms. The van der Waals surface area contributed by atoms with Crippen molar-refractivity contribution < 1.29 is 13.9 Å². The molecule has 23 heavy (non-hydrogen) atoms. The Bertz CT molecular complexity index is 486. The van der Waals surface area contributed by atoms with Gasteiger partial charge in [-0.2, -0.15) is 0 Å². The summed E-state index contributed by atoms with van der Waals surface area (Å²) in [7, 11) is 0. The Kier molecular flexibility index (Phi) is 6.84. The second-order valence-electron chi connectivity index (χ2n) is 6.54. The predicted octanol–water partition coefficient (Wildman–Crippen LogP) is 3.56. The van der Waals surface area contributed by atoms with Gasteiger partial charge in [0.1, 0.15) is 5.82 Å². The Hall–Kier alpha value is -1.62. The Morgan fingerprint density at radius 1 is 1.35 bits per heavy atom. The molecule has 1 N–H and O–H groups in total. The van der Waals surface area contributed by atoms with Crippen molar-refractivity contribution in [2.24, 2.45) is 5.92 Å². The van der Waals surface area contributed by atoms with Crippen molar-refractivity contribution in [1.29, 1.82) is 0 Å². The third-order valence-electron chi connectivity index (χ3n) is 3.71. The summed E-state index contributed by atoms with van der Waals surface area (Å²) >= 11 is 0. The molecule has 1 aliphatic carbocycles. The number of rotatable bonds is 9. The molecule has 1 aliphatic rings. The van der Waals surface area contributed by atoms with Gasteiger partial charge < -0.3 is 15.0 Å². The van der Waals surface area contributed by atoms with Crippen LogP contribution < -0.4 is 5.32 Å². The molecule has 128 valence electrons. The van der Waals surface area contributed by atoms with E-state index in [1.807, 2.05) is 4.90 Å². The van der Waals surface area contributed by atoms with Crippen molar-refractivity contribution in [2.45, 2.75) is 45.7 Å². The lowest BCUT2D eigenvalue weighted by Gasteiger charge is -2.23. The molecule has 1 saturated carbocycles. The minimum absolute atomic E-state index is 0.0410. The highest BCUT2D eigenvalue weighted by molar-refractivity contribution is 5.74. The number of nitrogens with zero attached hydrogens (tertiary/aromatic N) is 1. The van der Waals surface area contributed by atoms with Crippen molar-refractivity contribution in [3.8, 4) is 0 Å². The molecule has 4 nitrogen and oxygen atoms in total. The number of hydrogen-bond donors (Lipinski definition) is 1. The molecule has 0 spiro atoms. The third-order valence-corrected chi connectivity index (χ3v) is 3.71. The first-order valence-electron chi connectivity index (χ1n) is 8.43. The minimum Gasteiger partial charge on any atom is -0.381 e. The van der Waals surface area contributed by atoms with Crippen molar-refractivity contribution >= 4 is 6.03 Å². The fraction of sp³-hybridized carbons (Fsp3) is 0.611. The molecular formula is C18H27FN2O2. The fourth-order valence-electron chi connectivity index (χ4n) is 2.33. The minimum atomic E-state index is -0.252. The number of carbonyl (C=O) groups is 1. The van der Waals surface area contributed by atoms with Crippen molar-refractivity contribution in [3.05, 3.63) is 35.6 Å². The van der Waals surface area contributed by atoms with Crippen LogP contribution in [-0.4, -0.2) is 36.7 Å². The second-order valence-corrected chi connectivity index (χ2v) is 6.54. The van der Waals surface area contributed by atoms with Gasteiger partial charge in [-0.05, 0) is 42.9 Å². The molecule has 0 aliphatic heterocycles. The van der Waals surface area contributed by atoms with Crippen molar-refractivity contribution in [3.63, 3.8) is 0 Å². The lowest BCUT2D eigenvalue weighted by atomic mass is 10.2. The molecule has 1 aromatic rings. The zero-order chi connectivity index (χ0) is 16.7. The van der Waals surface area contributed by atoms with E-state index >= 15 is 0 Å². The van der Waals surface area contributed by atoms with Gasteiger partial charge in [-0.3, -0.25) is 0 Å². The number of carbonyl (C=O) groups excluding carboxylic acids is 1. The Labute approximate surface area is 138 Å². The molecule has 0 heterocycles. The first kappa shape index (κ1) is 17.7. The Balaban J connectivity index is 1.72. The normalized spacial score (nSPS) is 14.1. The molecule has 2 amide bonds. The maximum absolute atomic E-state index is 13.0. The van der Waals surface area contributed by atoms with E-state index in [0.717, 1.165) is 31.4 Å². The van der Waals surface area contributed by atoms with E-state index in [0.29, 0.717) is 31.7 Å². The maximum Gasteiger partial charge on any atom is 0.317 e. The number of urea groups is 1. The summed E-state index contributed by atoms with van der Waals surface area (Å²) in [5.41, 5.74) is 0.953. The van der Waals surface area contributed by atoms with Crippen molar-refractivity contribution in [2.75, 3.05) is 19.8 Å². The van der Waals surface area contributed by atoms with Gasteiger partial charge >= 0.3 is 6.03 Å². The standard InChI is InChI=1S/C18H27FN2O2/c1-14(2)13-23-11-3-10-20-18(22)21(17-8-9-17)12-15-4-6-16(19)7-5-15/h4-7,14,17H,3,8-13H2,1-2H3,(H,20,22). The van der Waals surface area contributed by atoms with Crippen LogP contribution >= 0.6 is 0 Å². The SMILES string of the molecule is CC(C)COCCCNC(=O)N(Cc1ccc(F)cc1)C1CC1. The summed E-state index contributed by atoms with van der Waals surface area (Å²) < 4.78 is 18.5. The van der Waals surface area contributed by atoms with Crippen LogP contribution in [0, 0.1) is 11.7 Å². The molecule has 0 atom stereocenters. The first-order valence-corrected chi connectivity index (χ1v) is 8.43. The molecule has 1 aromatic carbocycles. The van der Waals surface area contributed by atoms with Crippen molar-refractivity contribution in [1.82, 2.24) is 10.2 Å². The zero-order valence-corrected chi connectivity index (χ0v) is 14.1. The third kappa shape index (κ3) is 6.57. The van der Waals surface area contributed by atoms with Crippen LogP contribution in [0.3, 0.4) is 0 Å². The van der Waals surface area contributed by atoms with E-state index in [9.17, 15) is 9.18 Å². The average Bonchev–Trinajstić information content (AvgIpc) is 3.34. The number of halogens is 1. The summed E-state index contributed by atoms with van der Waals surface area (Å²) in [6.45, 7) is 6.80. The van der Waals surface area contributed by atoms with E-state index in [1.165, 1.54) is 12.1 Å². The quantitative estimate of drug-likeness (QED) is 0.706.